The molecule has 1 amide bonds. The van der Waals surface area contributed by atoms with Crippen molar-refractivity contribution in [2.75, 3.05) is 19.8 Å². The highest BCUT2D eigenvalue weighted by Crippen LogP contribution is 2.10. The Morgan fingerprint density at radius 3 is 3.00 bits per heavy atom. The summed E-state index contributed by atoms with van der Waals surface area (Å²) in [5.74, 6) is 0.597. The van der Waals surface area contributed by atoms with Crippen molar-refractivity contribution in [3.05, 3.63) is 35.8 Å². The van der Waals surface area contributed by atoms with E-state index in [1.54, 1.807) is 6.07 Å². The molecule has 1 heterocycles. The lowest BCUT2D eigenvalue weighted by Crippen LogP contribution is -2.27. The molecule has 0 saturated carbocycles. The monoisotopic (exact) mass is 237 g/mol. The van der Waals surface area contributed by atoms with Crippen LogP contribution in [0.3, 0.4) is 0 Å². The predicted molar refractivity (Wildman–Crippen MR) is 66.1 cm³/mol. The number of carbonyl (C=O) groups excluding carboxylic acids is 1. The molecule has 0 aliphatic heterocycles. The zero-order chi connectivity index (χ0) is 12.7. The van der Waals surface area contributed by atoms with Gasteiger partial charge in [0.25, 0.3) is 5.91 Å². The van der Waals surface area contributed by atoms with Crippen molar-refractivity contribution in [1.82, 2.24) is 5.32 Å². The maximum Gasteiger partial charge on any atom is 0.254 e. The molecule has 17 heavy (non-hydrogen) atoms. The minimum absolute atomic E-state index is 0.116. The highest BCUT2D eigenvalue weighted by molar-refractivity contribution is 5.95. The third kappa shape index (κ3) is 4.44. The number of carbonyl (C=O) groups is 1. The van der Waals surface area contributed by atoms with E-state index >= 15 is 0 Å². The maximum atomic E-state index is 11.7. The Morgan fingerprint density at radius 1 is 1.59 bits per heavy atom. The quantitative estimate of drug-likeness (QED) is 0.584. The van der Waals surface area contributed by atoms with Gasteiger partial charge in [-0.05, 0) is 13.0 Å². The molecule has 0 radical (unpaired) electrons. The van der Waals surface area contributed by atoms with Crippen LogP contribution in [-0.2, 0) is 11.2 Å². The summed E-state index contributed by atoms with van der Waals surface area (Å²) in [6.45, 7) is 9.08. The summed E-state index contributed by atoms with van der Waals surface area (Å²) < 4.78 is 10.5. The number of hydrogen-bond acceptors (Lipinski definition) is 3. The van der Waals surface area contributed by atoms with Gasteiger partial charge in [-0.2, -0.15) is 0 Å². The van der Waals surface area contributed by atoms with E-state index in [2.05, 4.69) is 11.9 Å². The Bertz CT molecular complexity index is 382. The average molecular weight is 237 g/mol. The van der Waals surface area contributed by atoms with Crippen molar-refractivity contribution in [1.29, 1.82) is 0 Å². The highest BCUT2D eigenvalue weighted by Gasteiger charge is 2.12. The van der Waals surface area contributed by atoms with Crippen molar-refractivity contribution in [3.63, 3.8) is 0 Å². The molecule has 0 unspecified atom stereocenters. The Hall–Kier alpha value is -1.55. The van der Waals surface area contributed by atoms with Gasteiger partial charge in [0.1, 0.15) is 5.76 Å². The lowest BCUT2D eigenvalue weighted by molar-refractivity contribution is 0.0925. The van der Waals surface area contributed by atoms with Crippen molar-refractivity contribution in [2.45, 2.75) is 20.3 Å². The molecule has 0 saturated heterocycles. The van der Waals surface area contributed by atoms with Crippen LogP contribution in [0.2, 0.25) is 0 Å². The van der Waals surface area contributed by atoms with Gasteiger partial charge in [0, 0.05) is 13.0 Å². The summed E-state index contributed by atoms with van der Waals surface area (Å²) in [5, 5.41) is 2.78. The number of hydrogen-bond donors (Lipinski definition) is 1. The lowest BCUT2D eigenvalue weighted by Gasteiger charge is -2.06. The molecular formula is C13H19NO3. The fourth-order valence-electron chi connectivity index (χ4n) is 1.40. The van der Waals surface area contributed by atoms with Gasteiger partial charge >= 0.3 is 0 Å². The van der Waals surface area contributed by atoms with Gasteiger partial charge in [-0.3, -0.25) is 4.79 Å². The molecule has 4 nitrogen and oxygen atoms in total. The molecule has 0 aliphatic carbocycles. The van der Waals surface area contributed by atoms with Gasteiger partial charge in [-0.1, -0.05) is 19.1 Å². The van der Waals surface area contributed by atoms with Crippen LogP contribution in [0.5, 0.6) is 0 Å². The molecule has 0 atom stereocenters. The minimum atomic E-state index is -0.116. The molecule has 0 spiro atoms. The largest absolute Gasteiger partial charge is 0.469 e. The molecule has 1 N–H and O–H groups in total. The predicted octanol–water partition coefficient (Wildman–Crippen LogP) is 2.16. The van der Waals surface area contributed by atoms with Crippen LogP contribution >= 0.6 is 0 Å². The first-order chi connectivity index (χ1) is 8.15. The molecule has 0 bridgehead atoms. The first-order valence-electron chi connectivity index (χ1n) is 5.71. The molecule has 0 aromatic carbocycles. The zero-order valence-corrected chi connectivity index (χ0v) is 10.4. The van der Waals surface area contributed by atoms with Crippen LogP contribution in [-0.4, -0.2) is 25.7 Å². The van der Waals surface area contributed by atoms with Crippen LogP contribution in [0.1, 0.15) is 30.0 Å². The van der Waals surface area contributed by atoms with E-state index in [1.807, 2.05) is 13.8 Å². The fourth-order valence-corrected chi connectivity index (χ4v) is 1.40. The second kappa shape index (κ2) is 6.91. The Labute approximate surface area is 102 Å². The number of aryl methyl sites for hydroxylation is 1. The summed E-state index contributed by atoms with van der Waals surface area (Å²) in [4.78, 5) is 11.7. The SMILES string of the molecule is C=C(C)COCCNC(=O)c1ccoc1CC. The van der Waals surface area contributed by atoms with Crippen LogP contribution < -0.4 is 5.32 Å². The average Bonchev–Trinajstić information content (AvgIpc) is 2.75. The molecule has 1 aromatic rings. The molecule has 4 heteroatoms. The summed E-state index contributed by atoms with van der Waals surface area (Å²) >= 11 is 0. The van der Waals surface area contributed by atoms with E-state index in [-0.39, 0.29) is 5.91 Å². The van der Waals surface area contributed by atoms with Gasteiger partial charge in [0.2, 0.25) is 0 Å². The standard InChI is InChI=1S/C13H19NO3/c1-4-12-11(5-7-17-12)13(15)14-6-8-16-9-10(2)3/h5,7H,2,4,6,8-9H2,1,3H3,(H,14,15). The highest BCUT2D eigenvalue weighted by atomic mass is 16.5. The normalized spacial score (nSPS) is 10.2. The number of furan rings is 1. The van der Waals surface area contributed by atoms with Gasteiger partial charge in [0.15, 0.2) is 0 Å². The van der Waals surface area contributed by atoms with E-state index < -0.39 is 0 Å². The van der Waals surface area contributed by atoms with E-state index in [9.17, 15) is 4.79 Å². The zero-order valence-electron chi connectivity index (χ0n) is 10.4. The first kappa shape index (κ1) is 13.5. The lowest BCUT2D eigenvalue weighted by atomic mass is 10.2. The smallest absolute Gasteiger partial charge is 0.254 e. The summed E-state index contributed by atoms with van der Waals surface area (Å²) in [5.41, 5.74) is 1.58. The van der Waals surface area contributed by atoms with Gasteiger partial charge < -0.3 is 14.5 Å². The summed E-state index contributed by atoms with van der Waals surface area (Å²) in [6, 6.07) is 1.68. The van der Waals surface area contributed by atoms with E-state index in [0.29, 0.717) is 37.5 Å². The minimum Gasteiger partial charge on any atom is -0.469 e. The molecule has 1 rings (SSSR count). The Balaban J connectivity index is 2.28. The number of nitrogens with one attached hydrogen (secondary N) is 1. The fraction of sp³-hybridized carbons (Fsp3) is 0.462. The number of rotatable bonds is 7. The first-order valence-corrected chi connectivity index (χ1v) is 5.71. The second-order valence-corrected chi connectivity index (χ2v) is 3.88. The summed E-state index contributed by atoms with van der Waals surface area (Å²) in [6.07, 6.45) is 2.24. The van der Waals surface area contributed by atoms with Crippen molar-refractivity contribution in [3.8, 4) is 0 Å². The Kier molecular flexibility index (Phi) is 5.49. The molecular weight excluding hydrogens is 218 g/mol. The van der Waals surface area contributed by atoms with E-state index in [0.717, 1.165) is 5.57 Å². The molecule has 0 aliphatic rings. The Morgan fingerprint density at radius 2 is 2.35 bits per heavy atom. The molecule has 1 aromatic heterocycles. The number of ether oxygens (including phenoxy) is 1. The number of amides is 1. The topological polar surface area (TPSA) is 51.5 Å². The molecule has 94 valence electrons. The van der Waals surface area contributed by atoms with Gasteiger partial charge in [-0.15, -0.1) is 0 Å². The molecule has 0 fully saturated rings. The van der Waals surface area contributed by atoms with Crippen LogP contribution in [0, 0.1) is 0 Å². The van der Waals surface area contributed by atoms with Crippen molar-refractivity contribution < 1.29 is 13.9 Å². The third-order valence-electron chi connectivity index (χ3n) is 2.19. The summed E-state index contributed by atoms with van der Waals surface area (Å²) in [7, 11) is 0. The third-order valence-corrected chi connectivity index (χ3v) is 2.19. The van der Waals surface area contributed by atoms with Gasteiger partial charge in [-0.25, -0.2) is 0 Å². The van der Waals surface area contributed by atoms with E-state index in [1.165, 1.54) is 6.26 Å². The van der Waals surface area contributed by atoms with Crippen molar-refractivity contribution >= 4 is 5.91 Å². The van der Waals surface area contributed by atoms with E-state index in [4.69, 9.17) is 9.15 Å². The van der Waals surface area contributed by atoms with Gasteiger partial charge in [0.05, 0.1) is 25.0 Å². The second-order valence-electron chi connectivity index (χ2n) is 3.88. The van der Waals surface area contributed by atoms with Crippen molar-refractivity contribution in [2.24, 2.45) is 0 Å². The van der Waals surface area contributed by atoms with Crippen LogP contribution in [0.4, 0.5) is 0 Å². The van der Waals surface area contributed by atoms with Crippen LogP contribution in [0.15, 0.2) is 28.9 Å². The van der Waals surface area contributed by atoms with Crippen LogP contribution in [0.25, 0.3) is 0 Å². The maximum absolute atomic E-state index is 11.7.